The average Bonchev–Trinajstić information content (AvgIpc) is 3.38. The standard InChI is InChI=1S/C24H26N2O5S2/c1-3-30-22-9-6-18-12-13-26(16-19(18)15-22)23(27)17-31-21-10-7-20(8-11-21)25(2)33(28,29)24-5-4-14-32-24/h4-11,14-15H,3,12-13,16-17H2,1-2H3. The third-order valence-corrected chi connectivity index (χ3v) is 8.68. The van der Waals surface area contributed by atoms with Gasteiger partial charge >= 0.3 is 0 Å². The van der Waals surface area contributed by atoms with Gasteiger partial charge in [-0.25, -0.2) is 8.42 Å². The average molecular weight is 487 g/mol. The summed E-state index contributed by atoms with van der Waals surface area (Å²) < 4.78 is 38.1. The minimum absolute atomic E-state index is 0.0802. The summed E-state index contributed by atoms with van der Waals surface area (Å²) in [7, 11) is -2.08. The molecule has 2 aromatic carbocycles. The van der Waals surface area contributed by atoms with E-state index >= 15 is 0 Å². The molecule has 0 saturated carbocycles. The smallest absolute Gasteiger partial charge is 0.273 e. The summed E-state index contributed by atoms with van der Waals surface area (Å²) in [6.45, 7) is 3.64. The fraction of sp³-hybridized carbons (Fsp3) is 0.292. The molecule has 7 nitrogen and oxygen atoms in total. The Balaban J connectivity index is 1.35. The van der Waals surface area contributed by atoms with Crippen LogP contribution in [0.4, 0.5) is 5.69 Å². The van der Waals surface area contributed by atoms with E-state index in [1.165, 1.54) is 28.3 Å². The van der Waals surface area contributed by atoms with E-state index < -0.39 is 10.0 Å². The van der Waals surface area contributed by atoms with Gasteiger partial charge in [0.05, 0.1) is 12.3 Å². The fourth-order valence-corrected chi connectivity index (χ4v) is 6.03. The first-order valence-corrected chi connectivity index (χ1v) is 13.0. The Morgan fingerprint density at radius 3 is 2.52 bits per heavy atom. The number of nitrogens with zero attached hydrogens (tertiary/aromatic N) is 2. The predicted octanol–water partition coefficient (Wildman–Crippen LogP) is 3.94. The van der Waals surface area contributed by atoms with E-state index in [2.05, 4.69) is 6.07 Å². The molecular weight excluding hydrogens is 460 g/mol. The first kappa shape index (κ1) is 23.1. The van der Waals surface area contributed by atoms with Gasteiger partial charge in [0.1, 0.15) is 15.7 Å². The molecule has 1 amide bonds. The third-order valence-electron chi connectivity index (χ3n) is 5.53. The molecule has 3 aromatic rings. The molecule has 1 aromatic heterocycles. The number of hydrogen-bond donors (Lipinski definition) is 0. The van der Waals surface area contributed by atoms with Gasteiger partial charge in [0.15, 0.2) is 6.61 Å². The minimum atomic E-state index is -3.59. The lowest BCUT2D eigenvalue weighted by atomic mass is 9.99. The lowest BCUT2D eigenvalue weighted by molar-refractivity contribution is -0.134. The van der Waals surface area contributed by atoms with Crippen LogP contribution in [0, 0.1) is 0 Å². The van der Waals surface area contributed by atoms with E-state index in [4.69, 9.17) is 9.47 Å². The number of hydrogen-bond acceptors (Lipinski definition) is 6. The Bertz CT molecular complexity index is 1210. The summed E-state index contributed by atoms with van der Waals surface area (Å²) in [5.41, 5.74) is 2.85. The maximum Gasteiger partial charge on any atom is 0.273 e. The van der Waals surface area contributed by atoms with Crippen molar-refractivity contribution in [1.29, 1.82) is 0 Å². The summed E-state index contributed by atoms with van der Waals surface area (Å²) in [4.78, 5) is 14.5. The summed E-state index contributed by atoms with van der Waals surface area (Å²) in [6.07, 6.45) is 0.799. The van der Waals surface area contributed by atoms with Crippen LogP contribution < -0.4 is 13.8 Å². The van der Waals surface area contributed by atoms with Crippen molar-refractivity contribution in [2.75, 3.05) is 31.1 Å². The Morgan fingerprint density at radius 2 is 1.82 bits per heavy atom. The van der Waals surface area contributed by atoms with Gasteiger partial charge in [-0.1, -0.05) is 12.1 Å². The van der Waals surface area contributed by atoms with E-state index in [-0.39, 0.29) is 16.7 Å². The number of anilines is 1. The second-order valence-electron chi connectivity index (χ2n) is 7.62. The molecule has 0 spiro atoms. The second-order valence-corrected chi connectivity index (χ2v) is 10.8. The van der Waals surface area contributed by atoms with Gasteiger partial charge in [-0.3, -0.25) is 9.10 Å². The van der Waals surface area contributed by atoms with Crippen molar-refractivity contribution in [3.8, 4) is 11.5 Å². The van der Waals surface area contributed by atoms with Crippen molar-refractivity contribution in [1.82, 2.24) is 4.90 Å². The van der Waals surface area contributed by atoms with E-state index in [1.54, 1.807) is 46.7 Å². The van der Waals surface area contributed by atoms with Crippen LogP contribution in [-0.4, -0.2) is 46.0 Å². The van der Waals surface area contributed by atoms with Gasteiger partial charge in [0.2, 0.25) is 0 Å². The van der Waals surface area contributed by atoms with Gasteiger partial charge < -0.3 is 14.4 Å². The van der Waals surface area contributed by atoms with Crippen LogP contribution in [0.15, 0.2) is 64.2 Å². The summed E-state index contributed by atoms with van der Waals surface area (Å²) in [6, 6.07) is 16.0. The number of ether oxygens (including phenoxy) is 2. The summed E-state index contributed by atoms with van der Waals surface area (Å²) in [5, 5.41) is 1.73. The number of sulfonamides is 1. The Labute approximate surface area is 198 Å². The summed E-state index contributed by atoms with van der Waals surface area (Å²) in [5.74, 6) is 1.22. The molecule has 174 valence electrons. The van der Waals surface area contributed by atoms with E-state index in [0.29, 0.717) is 31.1 Å². The molecule has 0 unspecified atom stereocenters. The van der Waals surface area contributed by atoms with Gasteiger partial charge in [-0.05, 0) is 72.3 Å². The monoisotopic (exact) mass is 486 g/mol. The van der Waals surface area contributed by atoms with Gasteiger partial charge in [-0.15, -0.1) is 11.3 Å². The highest BCUT2D eigenvalue weighted by atomic mass is 32.2. The van der Waals surface area contributed by atoms with Gasteiger partial charge in [0.25, 0.3) is 15.9 Å². The quantitative estimate of drug-likeness (QED) is 0.482. The van der Waals surface area contributed by atoms with Crippen LogP contribution in [0.25, 0.3) is 0 Å². The first-order valence-electron chi connectivity index (χ1n) is 10.7. The second kappa shape index (κ2) is 9.84. The highest BCUT2D eigenvalue weighted by molar-refractivity contribution is 7.94. The SMILES string of the molecule is CCOc1ccc2c(c1)CN(C(=O)COc1ccc(N(C)S(=O)(=O)c3cccs3)cc1)CC2. The maximum absolute atomic E-state index is 12.7. The highest BCUT2D eigenvalue weighted by Crippen LogP contribution is 2.27. The molecule has 0 bridgehead atoms. The first-order chi connectivity index (χ1) is 15.9. The van der Waals surface area contributed by atoms with Gasteiger partial charge in [0, 0.05) is 20.1 Å². The van der Waals surface area contributed by atoms with Crippen molar-refractivity contribution in [3.63, 3.8) is 0 Å². The van der Waals surface area contributed by atoms with Crippen molar-refractivity contribution < 1.29 is 22.7 Å². The van der Waals surface area contributed by atoms with Crippen molar-refractivity contribution in [2.24, 2.45) is 0 Å². The van der Waals surface area contributed by atoms with Crippen LogP contribution in [-0.2, 0) is 27.8 Å². The largest absolute Gasteiger partial charge is 0.494 e. The molecule has 0 fully saturated rings. The molecule has 0 N–H and O–H groups in total. The van der Waals surface area contributed by atoms with Crippen LogP contribution in [0.1, 0.15) is 18.1 Å². The van der Waals surface area contributed by atoms with E-state index in [1.807, 2.05) is 19.1 Å². The van der Waals surface area contributed by atoms with Crippen molar-refractivity contribution >= 4 is 33.0 Å². The zero-order valence-electron chi connectivity index (χ0n) is 18.6. The molecule has 0 saturated heterocycles. The number of benzene rings is 2. The topological polar surface area (TPSA) is 76.2 Å². The number of amides is 1. The van der Waals surface area contributed by atoms with Crippen LogP contribution in [0.3, 0.4) is 0 Å². The molecule has 9 heteroatoms. The number of carbonyl (C=O) groups excluding carboxylic acids is 1. The molecule has 0 atom stereocenters. The number of thiophene rings is 1. The third kappa shape index (κ3) is 5.15. The lowest BCUT2D eigenvalue weighted by Gasteiger charge is -2.29. The maximum atomic E-state index is 12.7. The molecular formula is C24H26N2O5S2. The van der Waals surface area contributed by atoms with Crippen LogP contribution in [0.5, 0.6) is 11.5 Å². The predicted molar refractivity (Wildman–Crippen MR) is 129 cm³/mol. The Kier molecular flexibility index (Phi) is 6.90. The van der Waals surface area contributed by atoms with Crippen molar-refractivity contribution in [2.45, 2.75) is 24.1 Å². The Morgan fingerprint density at radius 1 is 1.06 bits per heavy atom. The molecule has 2 heterocycles. The summed E-state index contributed by atoms with van der Waals surface area (Å²) >= 11 is 1.18. The number of carbonyl (C=O) groups is 1. The molecule has 33 heavy (non-hydrogen) atoms. The normalized spacial score (nSPS) is 13.3. The highest BCUT2D eigenvalue weighted by Gasteiger charge is 2.23. The molecule has 1 aliphatic heterocycles. The molecule has 0 aliphatic carbocycles. The van der Waals surface area contributed by atoms with Crippen LogP contribution in [0.2, 0.25) is 0 Å². The fourth-order valence-electron chi connectivity index (χ4n) is 3.68. The van der Waals surface area contributed by atoms with Crippen LogP contribution >= 0.6 is 11.3 Å². The Hall–Kier alpha value is -3.04. The minimum Gasteiger partial charge on any atom is -0.494 e. The van der Waals surface area contributed by atoms with Crippen molar-refractivity contribution in [3.05, 3.63) is 71.1 Å². The molecule has 0 radical (unpaired) electrons. The zero-order chi connectivity index (χ0) is 23.4. The molecule has 4 rings (SSSR count). The zero-order valence-corrected chi connectivity index (χ0v) is 20.2. The van der Waals surface area contributed by atoms with Gasteiger partial charge in [-0.2, -0.15) is 0 Å². The number of fused-ring (bicyclic) bond motifs is 1. The number of rotatable bonds is 8. The van der Waals surface area contributed by atoms with E-state index in [0.717, 1.165) is 17.7 Å². The molecule has 1 aliphatic rings. The van der Waals surface area contributed by atoms with E-state index in [9.17, 15) is 13.2 Å². The lowest BCUT2D eigenvalue weighted by Crippen LogP contribution is -2.38.